The second kappa shape index (κ2) is 11.2. The third kappa shape index (κ3) is 6.35. The molecule has 2 aromatic carbocycles. The summed E-state index contributed by atoms with van der Waals surface area (Å²) in [7, 11) is 0. The molecule has 0 saturated carbocycles. The number of hydrogen-bond donors (Lipinski definition) is 0. The SMILES string of the molecule is CCCCCCCCc1ccc(N=N/C=C2/C=C(C(C)(C)C)C(=O)c3ccccc32)cc1. The van der Waals surface area contributed by atoms with Crippen molar-refractivity contribution in [2.24, 2.45) is 15.6 Å². The molecular weight excluding hydrogens is 392 g/mol. The fourth-order valence-electron chi connectivity index (χ4n) is 4.04. The Morgan fingerprint density at radius 2 is 1.50 bits per heavy atom. The normalized spacial score (nSPS) is 15.3. The maximum atomic E-state index is 12.9. The van der Waals surface area contributed by atoms with Gasteiger partial charge in [-0.15, -0.1) is 0 Å². The molecule has 0 N–H and O–H groups in total. The van der Waals surface area contributed by atoms with Crippen LogP contribution in [0.4, 0.5) is 5.69 Å². The van der Waals surface area contributed by atoms with Crippen molar-refractivity contribution in [3.8, 4) is 0 Å². The summed E-state index contributed by atoms with van der Waals surface area (Å²) in [6.07, 6.45) is 12.8. The van der Waals surface area contributed by atoms with Crippen LogP contribution >= 0.6 is 0 Å². The number of aryl methyl sites for hydroxylation is 1. The Morgan fingerprint density at radius 3 is 2.19 bits per heavy atom. The largest absolute Gasteiger partial charge is 0.289 e. The zero-order valence-corrected chi connectivity index (χ0v) is 20.0. The van der Waals surface area contributed by atoms with Crippen LogP contribution in [0.25, 0.3) is 5.57 Å². The van der Waals surface area contributed by atoms with Crippen LogP contribution in [0.2, 0.25) is 0 Å². The third-order valence-corrected chi connectivity index (χ3v) is 5.96. The van der Waals surface area contributed by atoms with E-state index in [0.717, 1.165) is 34.4 Å². The molecule has 1 aliphatic rings. The summed E-state index contributed by atoms with van der Waals surface area (Å²) in [6, 6.07) is 16.1. The Hall–Kier alpha value is -2.81. The minimum atomic E-state index is -0.229. The average molecular weight is 429 g/mol. The summed E-state index contributed by atoms with van der Waals surface area (Å²) in [6.45, 7) is 8.45. The van der Waals surface area contributed by atoms with E-state index in [-0.39, 0.29) is 11.2 Å². The maximum Gasteiger partial charge on any atom is 0.190 e. The number of hydrogen-bond acceptors (Lipinski definition) is 3. The molecule has 168 valence electrons. The number of ketones is 1. The van der Waals surface area contributed by atoms with Gasteiger partial charge in [0.1, 0.15) is 0 Å². The van der Waals surface area contributed by atoms with Gasteiger partial charge in [0.05, 0.1) is 11.9 Å². The lowest BCUT2D eigenvalue weighted by Crippen LogP contribution is -2.22. The number of Topliss-reactive ketones (excluding diaryl/α,β-unsaturated/α-hetero) is 1. The van der Waals surface area contributed by atoms with Crippen LogP contribution in [0.3, 0.4) is 0 Å². The standard InChI is InChI=1S/C29H36N2O/c1-5-6-7-8-9-10-13-22-16-18-24(19-17-22)31-30-21-23-20-27(29(2,3)4)28(32)26-15-12-11-14-25(23)26/h11-12,14-21H,5-10,13H2,1-4H3/b23-21-,31-30?. The molecule has 3 rings (SSSR count). The highest BCUT2D eigenvalue weighted by atomic mass is 16.1. The van der Waals surface area contributed by atoms with Crippen molar-refractivity contribution in [1.82, 2.24) is 0 Å². The number of unbranched alkanes of at least 4 members (excludes halogenated alkanes) is 5. The highest BCUT2D eigenvalue weighted by Gasteiger charge is 2.30. The number of allylic oxidation sites excluding steroid dienone is 3. The first-order valence-corrected chi connectivity index (χ1v) is 12.0. The summed E-state index contributed by atoms with van der Waals surface area (Å²) in [5.41, 5.74) is 5.35. The van der Waals surface area contributed by atoms with Crippen LogP contribution < -0.4 is 0 Å². The van der Waals surface area contributed by atoms with Crippen molar-refractivity contribution in [3.63, 3.8) is 0 Å². The molecular formula is C29H36N2O. The number of carbonyl (C=O) groups is 1. The van der Waals surface area contributed by atoms with Crippen LogP contribution in [0.15, 0.2) is 76.6 Å². The Labute approximate surface area is 193 Å². The van der Waals surface area contributed by atoms with Crippen molar-refractivity contribution in [1.29, 1.82) is 0 Å². The zero-order chi connectivity index (χ0) is 23.0. The molecule has 0 amide bonds. The van der Waals surface area contributed by atoms with Crippen LogP contribution in [-0.2, 0) is 6.42 Å². The molecule has 3 nitrogen and oxygen atoms in total. The Bertz CT molecular complexity index is 1000. The van der Waals surface area contributed by atoms with E-state index >= 15 is 0 Å². The molecule has 0 heterocycles. The maximum absolute atomic E-state index is 12.9. The monoisotopic (exact) mass is 428 g/mol. The van der Waals surface area contributed by atoms with Gasteiger partial charge in [-0.1, -0.05) is 96.2 Å². The van der Waals surface area contributed by atoms with E-state index in [1.807, 2.05) is 42.5 Å². The fourth-order valence-corrected chi connectivity index (χ4v) is 4.04. The van der Waals surface area contributed by atoms with Gasteiger partial charge in [-0.3, -0.25) is 4.79 Å². The quantitative estimate of drug-likeness (QED) is 0.290. The molecule has 2 aromatic rings. The first kappa shape index (κ1) is 23.8. The first-order chi connectivity index (χ1) is 15.4. The molecule has 0 bridgehead atoms. The lowest BCUT2D eigenvalue weighted by atomic mass is 9.76. The van der Waals surface area contributed by atoms with Crippen molar-refractivity contribution >= 4 is 17.0 Å². The topological polar surface area (TPSA) is 41.8 Å². The number of azo groups is 1. The first-order valence-electron chi connectivity index (χ1n) is 12.0. The molecule has 0 aromatic heterocycles. The smallest absolute Gasteiger partial charge is 0.190 e. The van der Waals surface area contributed by atoms with Crippen molar-refractivity contribution in [3.05, 3.63) is 83.1 Å². The van der Waals surface area contributed by atoms with E-state index in [4.69, 9.17) is 0 Å². The number of carbonyl (C=O) groups excluding carboxylic acids is 1. The van der Waals surface area contributed by atoms with Gasteiger partial charge in [-0.05, 0) is 47.6 Å². The predicted molar refractivity (Wildman–Crippen MR) is 134 cm³/mol. The third-order valence-electron chi connectivity index (χ3n) is 5.96. The van der Waals surface area contributed by atoms with Gasteiger partial charge >= 0.3 is 0 Å². The summed E-state index contributed by atoms with van der Waals surface area (Å²) >= 11 is 0. The molecule has 0 radical (unpaired) electrons. The highest BCUT2D eigenvalue weighted by molar-refractivity contribution is 6.16. The summed E-state index contributed by atoms with van der Waals surface area (Å²) in [5.74, 6) is 0.100. The minimum Gasteiger partial charge on any atom is -0.289 e. The van der Waals surface area contributed by atoms with E-state index in [2.05, 4.69) is 50.1 Å². The van der Waals surface area contributed by atoms with Gasteiger partial charge in [0.2, 0.25) is 0 Å². The molecule has 0 saturated heterocycles. The predicted octanol–water partition coefficient (Wildman–Crippen LogP) is 8.88. The molecule has 32 heavy (non-hydrogen) atoms. The molecule has 0 fully saturated rings. The fraction of sp³-hybridized carbons (Fsp3) is 0.414. The van der Waals surface area contributed by atoms with Crippen molar-refractivity contribution < 1.29 is 4.79 Å². The molecule has 0 spiro atoms. The van der Waals surface area contributed by atoms with Crippen LogP contribution in [0.1, 0.15) is 87.7 Å². The van der Waals surface area contributed by atoms with Gasteiger partial charge in [0.25, 0.3) is 0 Å². The number of benzene rings is 2. The minimum absolute atomic E-state index is 0.100. The van der Waals surface area contributed by atoms with E-state index in [9.17, 15) is 4.79 Å². The summed E-state index contributed by atoms with van der Waals surface area (Å²) in [5, 5.41) is 8.73. The van der Waals surface area contributed by atoms with E-state index < -0.39 is 0 Å². The van der Waals surface area contributed by atoms with Gasteiger partial charge in [0.15, 0.2) is 5.78 Å². The van der Waals surface area contributed by atoms with E-state index in [0.29, 0.717) is 0 Å². The van der Waals surface area contributed by atoms with E-state index in [1.54, 1.807) is 6.20 Å². The Balaban J connectivity index is 1.67. The van der Waals surface area contributed by atoms with E-state index in [1.165, 1.54) is 44.1 Å². The molecule has 3 heteroatoms. The van der Waals surface area contributed by atoms with Gasteiger partial charge in [0, 0.05) is 16.7 Å². The molecule has 0 unspecified atom stereocenters. The summed E-state index contributed by atoms with van der Waals surface area (Å²) < 4.78 is 0. The molecule has 0 atom stereocenters. The molecule has 0 aliphatic heterocycles. The lowest BCUT2D eigenvalue weighted by molar-refractivity contribution is 0.101. The Morgan fingerprint density at radius 1 is 0.844 bits per heavy atom. The number of nitrogens with zero attached hydrogens (tertiary/aromatic N) is 2. The average Bonchev–Trinajstić information content (AvgIpc) is 2.78. The van der Waals surface area contributed by atoms with Gasteiger partial charge in [-0.2, -0.15) is 10.2 Å². The van der Waals surface area contributed by atoms with Crippen LogP contribution in [0, 0.1) is 5.41 Å². The van der Waals surface area contributed by atoms with Crippen molar-refractivity contribution in [2.75, 3.05) is 0 Å². The van der Waals surface area contributed by atoms with Gasteiger partial charge < -0.3 is 0 Å². The van der Waals surface area contributed by atoms with Gasteiger partial charge in [-0.25, -0.2) is 0 Å². The molecule has 1 aliphatic carbocycles. The van der Waals surface area contributed by atoms with Crippen molar-refractivity contribution in [2.45, 2.75) is 72.6 Å². The summed E-state index contributed by atoms with van der Waals surface area (Å²) in [4.78, 5) is 12.9. The second-order valence-electron chi connectivity index (χ2n) is 9.67. The number of rotatable bonds is 9. The lowest BCUT2D eigenvalue weighted by Gasteiger charge is -2.27. The van der Waals surface area contributed by atoms with Crippen LogP contribution in [0.5, 0.6) is 0 Å². The highest BCUT2D eigenvalue weighted by Crippen LogP contribution is 2.37. The second-order valence-corrected chi connectivity index (χ2v) is 9.67. The zero-order valence-electron chi connectivity index (χ0n) is 20.0. The number of fused-ring (bicyclic) bond motifs is 1. The Kier molecular flexibility index (Phi) is 8.33. The van der Waals surface area contributed by atoms with Crippen LogP contribution in [-0.4, -0.2) is 5.78 Å².